The fourth-order valence-corrected chi connectivity index (χ4v) is 3.01. The summed E-state index contributed by atoms with van der Waals surface area (Å²) in [6.45, 7) is 3.75. The van der Waals surface area contributed by atoms with Crippen LogP contribution in [0.1, 0.15) is 37.0 Å². The molecule has 0 bridgehead atoms. The first kappa shape index (κ1) is 13.6. The molecule has 6 nitrogen and oxygen atoms in total. The van der Waals surface area contributed by atoms with E-state index in [4.69, 9.17) is 5.11 Å². The minimum absolute atomic E-state index is 0.162. The Balaban J connectivity index is 2.15. The van der Waals surface area contributed by atoms with Crippen molar-refractivity contribution in [1.82, 2.24) is 9.97 Å². The predicted molar refractivity (Wildman–Crippen MR) is 73.3 cm³/mol. The van der Waals surface area contributed by atoms with Crippen LogP contribution in [0.3, 0.4) is 0 Å². The van der Waals surface area contributed by atoms with Crippen LogP contribution in [0.25, 0.3) is 0 Å². The number of anilines is 1. The molecule has 0 aliphatic rings. The van der Waals surface area contributed by atoms with Gasteiger partial charge in [-0.1, -0.05) is 11.3 Å². The summed E-state index contributed by atoms with van der Waals surface area (Å²) in [4.78, 5) is 31.5. The number of ketones is 1. The number of thiazole rings is 2. The van der Waals surface area contributed by atoms with Crippen LogP contribution in [0.5, 0.6) is 0 Å². The number of nitrogens with zero attached hydrogens (tertiary/aromatic N) is 2. The Morgan fingerprint density at radius 2 is 2.16 bits per heavy atom. The highest BCUT2D eigenvalue weighted by Crippen LogP contribution is 2.24. The molecule has 19 heavy (non-hydrogen) atoms. The average Bonchev–Trinajstić information content (AvgIpc) is 2.92. The van der Waals surface area contributed by atoms with E-state index in [1.54, 1.807) is 17.5 Å². The second-order valence-electron chi connectivity index (χ2n) is 3.76. The Morgan fingerprint density at radius 3 is 2.63 bits per heavy atom. The lowest BCUT2D eigenvalue weighted by molar-refractivity contribution is 0.0687. The summed E-state index contributed by atoms with van der Waals surface area (Å²) >= 11 is 2.60. The van der Waals surface area contributed by atoms with Crippen molar-refractivity contribution in [3.63, 3.8) is 0 Å². The number of hydrogen-bond donors (Lipinski definition) is 2. The van der Waals surface area contributed by atoms with Gasteiger partial charge in [-0.15, -0.1) is 11.3 Å². The summed E-state index contributed by atoms with van der Waals surface area (Å²) in [7, 11) is 0. The summed E-state index contributed by atoms with van der Waals surface area (Å²) in [6, 6.07) is 0. The van der Waals surface area contributed by atoms with Gasteiger partial charge in [0.2, 0.25) is 0 Å². The van der Waals surface area contributed by atoms with E-state index in [1.165, 1.54) is 6.92 Å². The molecule has 0 spiro atoms. The maximum atomic E-state index is 11.3. The standard InChI is InChI=1S/C11H11N3O3S2/c1-5(15)9-8(10(16)17)14-11(19-9)13-4-7-3-12-6(2)18-7/h3H,4H2,1-2H3,(H,13,14)(H,16,17). The normalized spacial score (nSPS) is 10.4. The second-order valence-corrected chi connectivity index (χ2v) is 6.08. The van der Waals surface area contributed by atoms with Gasteiger partial charge >= 0.3 is 5.97 Å². The number of aromatic carboxylic acids is 1. The lowest BCUT2D eigenvalue weighted by Crippen LogP contribution is -2.04. The molecule has 0 aliphatic heterocycles. The van der Waals surface area contributed by atoms with Gasteiger partial charge in [0, 0.05) is 18.0 Å². The van der Waals surface area contributed by atoms with E-state index in [2.05, 4.69) is 15.3 Å². The predicted octanol–water partition coefficient (Wildman–Crippen LogP) is 2.42. The van der Waals surface area contributed by atoms with Gasteiger partial charge in [0.1, 0.15) is 4.88 Å². The van der Waals surface area contributed by atoms with Crippen molar-refractivity contribution in [2.45, 2.75) is 20.4 Å². The highest BCUT2D eigenvalue weighted by atomic mass is 32.1. The lowest BCUT2D eigenvalue weighted by atomic mass is 10.3. The number of carbonyl (C=O) groups excluding carboxylic acids is 1. The zero-order valence-electron chi connectivity index (χ0n) is 10.3. The third kappa shape index (κ3) is 3.15. The second kappa shape index (κ2) is 5.45. The van der Waals surface area contributed by atoms with Crippen LogP contribution in [0.15, 0.2) is 6.20 Å². The van der Waals surface area contributed by atoms with Crippen molar-refractivity contribution in [3.05, 3.63) is 26.7 Å². The summed E-state index contributed by atoms with van der Waals surface area (Å²) in [5.74, 6) is -1.49. The summed E-state index contributed by atoms with van der Waals surface area (Å²) < 4.78 is 0. The molecular weight excluding hydrogens is 286 g/mol. The van der Waals surface area contributed by atoms with Crippen LogP contribution in [0.2, 0.25) is 0 Å². The molecule has 0 radical (unpaired) electrons. The van der Waals surface area contributed by atoms with Crippen LogP contribution in [0, 0.1) is 6.92 Å². The first-order valence-corrected chi connectivity index (χ1v) is 7.01. The molecule has 0 atom stereocenters. The topological polar surface area (TPSA) is 92.2 Å². The first-order valence-electron chi connectivity index (χ1n) is 5.37. The highest BCUT2D eigenvalue weighted by molar-refractivity contribution is 7.17. The van der Waals surface area contributed by atoms with Crippen molar-refractivity contribution >= 4 is 39.6 Å². The molecular formula is C11H11N3O3S2. The minimum Gasteiger partial charge on any atom is -0.476 e. The molecule has 2 aromatic heterocycles. The third-order valence-corrected chi connectivity index (χ3v) is 4.26. The Morgan fingerprint density at radius 1 is 1.42 bits per heavy atom. The van der Waals surface area contributed by atoms with Gasteiger partial charge in [0.15, 0.2) is 16.6 Å². The molecule has 100 valence electrons. The average molecular weight is 297 g/mol. The number of carboxylic acids is 1. The number of aryl methyl sites for hydroxylation is 1. The van der Waals surface area contributed by atoms with Gasteiger partial charge in [0.25, 0.3) is 0 Å². The van der Waals surface area contributed by atoms with E-state index in [9.17, 15) is 9.59 Å². The summed E-state index contributed by atoms with van der Waals surface area (Å²) in [5.41, 5.74) is -0.194. The molecule has 2 N–H and O–H groups in total. The van der Waals surface area contributed by atoms with Crippen molar-refractivity contribution in [1.29, 1.82) is 0 Å². The number of carbonyl (C=O) groups is 2. The van der Waals surface area contributed by atoms with Gasteiger partial charge in [-0.05, 0) is 6.92 Å². The van der Waals surface area contributed by atoms with E-state index in [0.717, 1.165) is 21.2 Å². The van der Waals surface area contributed by atoms with Gasteiger partial charge in [-0.25, -0.2) is 14.8 Å². The van der Waals surface area contributed by atoms with Crippen LogP contribution in [-0.2, 0) is 6.54 Å². The van der Waals surface area contributed by atoms with E-state index in [0.29, 0.717) is 11.7 Å². The first-order chi connectivity index (χ1) is 8.97. The van der Waals surface area contributed by atoms with Gasteiger partial charge in [-0.3, -0.25) is 4.79 Å². The van der Waals surface area contributed by atoms with E-state index in [1.807, 2.05) is 6.92 Å². The Labute approximate surface area is 117 Å². The number of Topliss-reactive ketones (excluding diaryl/α,β-unsaturated/α-hetero) is 1. The molecule has 8 heteroatoms. The van der Waals surface area contributed by atoms with Crippen molar-refractivity contribution < 1.29 is 14.7 Å². The van der Waals surface area contributed by atoms with Crippen molar-refractivity contribution in [2.75, 3.05) is 5.32 Å². The van der Waals surface area contributed by atoms with E-state index < -0.39 is 5.97 Å². The molecule has 0 saturated heterocycles. The van der Waals surface area contributed by atoms with E-state index >= 15 is 0 Å². The van der Waals surface area contributed by atoms with E-state index in [-0.39, 0.29) is 16.4 Å². The highest BCUT2D eigenvalue weighted by Gasteiger charge is 2.20. The number of hydrogen-bond acceptors (Lipinski definition) is 7. The molecule has 0 saturated carbocycles. The van der Waals surface area contributed by atoms with Crippen molar-refractivity contribution in [3.8, 4) is 0 Å². The molecule has 0 amide bonds. The fraction of sp³-hybridized carbons (Fsp3) is 0.273. The molecule has 2 rings (SSSR count). The third-order valence-electron chi connectivity index (χ3n) is 2.23. The van der Waals surface area contributed by atoms with Crippen LogP contribution >= 0.6 is 22.7 Å². The molecule has 0 aromatic carbocycles. The minimum atomic E-state index is -1.19. The Hall–Kier alpha value is -1.80. The smallest absolute Gasteiger partial charge is 0.356 e. The monoisotopic (exact) mass is 297 g/mol. The quantitative estimate of drug-likeness (QED) is 0.823. The molecule has 2 heterocycles. The number of rotatable bonds is 5. The maximum absolute atomic E-state index is 11.3. The number of carboxylic acid groups (broad SMARTS) is 1. The number of aromatic nitrogens is 2. The van der Waals surface area contributed by atoms with Gasteiger partial charge in [-0.2, -0.15) is 0 Å². The van der Waals surface area contributed by atoms with Gasteiger partial charge < -0.3 is 10.4 Å². The van der Waals surface area contributed by atoms with Gasteiger partial charge in [0.05, 0.1) is 11.6 Å². The maximum Gasteiger partial charge on any atom is 0.356 e. The van der Waals surface area contributed by atoms with Crippen LogP contribution in [0.4, 0.5) is 5.13 Å². The van der Waals surface area contributed by atoms with Crippen LogP contribution < -0.4 is 5.32 Å². The Kier molecular flexibility index (Phi) is 3.91. The number of nitrogens with one attached hydrogen (secondary N) is 1. The largest absolute Gasteiger partial charge is 0.476 e. The lowest BCUT2D eigenvalue weighted by Gasteiger charge is -1.97. The molecule has 2 aromatic rings. The fourth-order valence-electron chi connectivity index (χ4n) is 1.43. The summed E-state index contributed by atoms with van der Waals surface area (Å²) in [6.07, 6.45) is 1.75. The van der Waals surface area contributed by atoms with Crippen LogP contribution in [-0.4, -0.2) is 26.8 Å². The summed E-state index contributed by atoms with van der Waals surface area (Å²) in [5, 5.41) is 13.4. The zero-order valence-corrected chi connectivity index (χ0v) is 11.9. The molecule has 0 unspecified atom stereocenters. The molecule has 0 aliphatic carbocycles. The Bertz CT molecular complexity index is 601. The zero-order chi connectivity index (χ0) is 14.0. The SMILES string of the molecule is CC(=O)c1sc(NCc2cnc(C)s2)nc1C(=O)O. The molecule has 0 fully saturated rings. The van der Waals surface area contributed by atoms with Crippen molar-refractivity contribution in [2.24, 2.45) is 0 Å².